The molecule has 3 aliphatic rings. The van der Waals surface area contributed by atoms with Crippen LogP contribution in [-0.4, -0.2) is 11.0 Å². The smallest absolute Gasteiger partial charge is 0.113 e. The van der Waals surface area contributed by atoms with E-state index < -0.39 is 0 Å². The molecule has 1 aromatic heterocycles. The van der Waals surface area contributed by atoms with Crippen molar-refractivity contribution < 1.29 is 0 Å². The summed E-state index contributed by atoms with van der Waals surface area (Å²) in [4.78, 5) is 6.65. The van der Waals surface area contributed by atoms with Crippen LogP contribution in [0.15, 0.2) is 0 Å². The lowest BCUT2D eigenvalue weighted by Gasteiger charge is -2.39. The zero-order chi connectivity index (χ0) is 12.9. The Kier molecular flexibility index (Phi) is 2.96. The molecule has 19 heavy (non-hydrogen) atoms. The van der Waals surface area contributed by atoms with Crippen LogP contribution in [0.1, 0.15) is 67.4 Å². The van der Waals surface area contributed by atoms with Crippen LogP contribution in [0.5, 0.6) is 0 Å². The number of hydrogen-bond acceptors (Lipinski definition) is 3. The highest BCUT2D eigenvalue weighted by Crippen LogP contribution is 2.45. The molecule has 3 heteroatoms. The van der Waals surface area contributed by atoms with Gasteiger partial charge in [-0.3, -0.25) is 0 Å². The van der Waals surface area contributed by atoms with Gasteiger partial charge >= 0.3 is 0 Å². The number of rotatable bonds is 3. The second-order valence-corrected chi connectivity index (χ2v) is 8.03. The molecule has 2 fully saturated rings. The molecule has 1 aromatic rings. The first kappa shape index (κ1) is 12.3. The number of hydrogen-bond donors (Lipinski definition) is 1. The summed E-state index contributed by atoms with van der Waals surface area (Å²) in [7, 11) is 0. The van der Waals surface area contributed by atoms with Gasteiger partial charge in [0, 0.05) is 10.9 Å². The van der Waals surface area contributed by atoms with Gasteiger partial charge in [-0.25, -0.2) is 4.98 Å². The minimum absolute atomic E-state index is 0.230. The van der Waals surface area contributed by atoms with E-state index in [1.54, 1.807) is 4.88 Å². The third-order valence-electron chi connectivity index (χ3n) is 5.06. The SMILES string of the molecule is CC1CCCC(NC2CC2)(c2nc3c(s2)CCC3)C1. The van der Waals surface area contributed by atoms with Crippen LogP contribution >= 0.6 is 11.3 Å². The predicted molar refractivity (Wildman–Crippen MR) is 79.6 cm³/mol. The van der Waals surface area contributed by atoms with Crippen LogP contribution in [0.25, 0.3) is 0 Å². The molecular weight excluding hydrogens is 252 g/mol. The van der Waals surface area contributed by atoms with Crippen molar-refractivity contribution in [1.29, 1.82) is 0 Å². The molecule has 1 N–H and O–H groups in total. The van der Waals surface area contributed by atoms with Crippen molar-refractivity contribution in [2.75, 3.05) is 0 Å². The lowest BCUT2D eigenvalue weighted by Crippen LogP contribution is -2.46. The molecule has 0 aromatic carbocycles. The number of aryl methyl sites for hydroxylation is 2. The van der Waals surface area contributed by atoms with Crippen LogP contribution in [0.4, 0.5) is 0 Å². The van der Waals surface area contributed by atoms with Crippen LogP contribution in [-0.2, 0) is 18.4 Å². The van der Waals surface area contributed by atoms with Gasteiger partial charge in [0.2, 0.25) is 0 Å². The zero-order valence-electron chi connectivity index (χ0n) is 11.9. The summed E-state index contributed by atoms with van der Waals surface area (Å²) in [5.41, 5.74) is 1.66. The fourth-order valence-electron chi connectivity index (χ4n) is 3.95. The first-order valence-electron chi connectivity index (χ1n) is 8.02. The molecule has 2 atom stereocenters. The van der Waals surface area contributed by atoms with Gasteiger partial charge in [0.15, 0.2) is 0 Å². The fraction of sp³-hybridized carbons (Fsp3) is 0.812. The molecule has 0 amide bonds. The Balaban J connectivity index is 1.67. The quantitative estimate of drug-likeness (QED) is 0.908. The molecule has 4 rings (SSSR count). The average molecular weight is 276 g/mol. The predicted octanol–water partition coefficient (Wildman–Crippen LogP) is 3.79. The van der Waals surface area contributed by atoms with Gasteiger partial charge in [-0.2, -0.15) is 0 Å². The summed E-state index contributed by atoms with van der Waals surface area (Å²) < 4.78 is 0. The molecule has 3 aliphatic carbocycles. The van der Waals surface area contributed by atoms with E-state index >= 15 is 0 Å². The number of aromatic nitrogens is 1. The van der Waals surface area contributed by atoms with Gasteiger partial charge in [0.05, 0.1) is 11.2 Å². The monoisotopic (exact) mass is 276 g/mol. The molecule has 0 radical (unpaired) electrons. The van der Waals surface area contributed by atoms with E-state index in [4.69, 9.17) is 4.98 Å². The van der Waals surface area contributed by atoms with E-state index in [1.165, 1.54) is 68.5 Å². The van der Waals surface area contributed by atoms with Crippen molar-refractivity contribution in [2.24, 2.45) is 5.92 Å². The first-order chi connectivity index (χ1) is 9.25. The Bertz CT molecular complexity index is 452. The molecule has 0 aliphatic heterocycles. The molecule has 104 valence electrons. The largest absolute Gasteiger partial charge is 0.303 e. The second-order valence-electron chi connectivity index (χ2n) is 6.94. The molecule has 2 saturated carbocycles. The molecular formula is C16H24N2S. The summed E-state index contributed by atoms with van der Waals surface area (Å²) in [6.07, 6.45) is 12.0. The minimum atomic E-state index is 0.230. The Morgan fingerprint density at radius 2 is 2.11 bits per heavy atom. The third kappa shape index (κ3) is 2.25. The van der Waals surface area contributed by atoms with Gasteiger partial charge in [0.1, 0.15) is 5.01 Å². The van der Waals surface area contributed by atoms with Crippen molar-refractivity contribution >= 4 is 11.3 Å². The highest BCUT2D eigenvalue weighted by Gasteiger charge is 2.43. The van der Waals surface area contributed by atoms with Gasteiger partial charge in [-0.1, -0.05) is 19.8 Å². The summed E-state index contributed by atoms with van der Waals surface area (Å²) in [5.74, 6) is 0.846. The van der Waals surface area contributed by atoms with E-state index in [9.17, 15) is 0 Å². The number of nitrogens with one attached hydrogen (secondary N) is 1. The minimum Gasteiger partial charge on any atom is -0.303 e. The molecule has 1 heterocycles. The van der Waals surface area contributed by atoms with E-state index in [2.05, 4.69) is 12.2 Å². The highest BCUT2D eigenvalue weighted by molar-refractivity contribution is 7.12. The van der Waals surface area contributed by atoms with E-state index in [0.717, 1.165) is 12.0 Å². The van der Waals surface area contributed by atoms with Crippen LogP contribution < -0.4 is 5.32 Å². The second kappa shape index (κ2) is 4.56. The number of thiazole rings is 1. The lowest BCUT2D eigenvalue weighted by atomic mass is 9.76. The number of fused-ring (bicyclic) bond motifs is 1. The summed E-state index contributed by atoms with van der Waals surface area (Å²) >= 11 is 2.03. The van der Waals surface area contributed by atoms with E-state index in [0.29, 0.717) is 0 Å². The van der Waals surface area contributed by atoms with Crippen molar-refractivity contribution in [2.45, 2.75) is 76.3 Å². The van der Waals surface area contributed by atoms with Gasteiger partial charge in [-0.15, -0.1) is 11.3 Å². The lowest BCUT2D eigenvalue weighted by molar-refractivity contribution is 0.184. The average Bonchev–Trinajstić information content (AvgIpc) is 2.91. The number of nitrogens with zero attached hydrogens (tertiary/aromatic N) is 1. The Labute approximate surface area is 120 Å². The van der Waals surface area contributed by atoms with Gasteiger partial charge < -0.3 is 5.32 Å². The summed E-state index contributed by atoms with van der Waals surface area (Å²) in [6.45, 7) is 2.42. The molecule has 0 spiro atoms. The maximum absolute atomic E-state index is 5.06. The van der Waals surface area contributed by atoms with Crippen molar-refractivity contribution in [3.63, 3.8) is 0 Å². The first-order valence-corrected chi connectivity index (χ1v) is 8.84. The Morgan fingerprint density at radius 1 is 1.21 bits per heavy atom. The standard InChI is InChI=1S/C16H24N2S/c1-11-4-3-9-16(10-11,18-12-7-8-12)15-17-13-5-2-6-14(13)19-15/h11-12,18H,2-10H2,1H3. The highest BCUT2D eigenvalue weighted by atomic mass is 32.1. The van der Waals surface area contributed by atoms with E-state index in [-0.39, 0.29) is 5.54 Å². The van der Waals surface area contributed by atoms with Crippen LogP contribution in [0.3, 0.4) is 0 Å². The van der Waals surface area contributed by atoms with Crippen molar-refractivity contribution in [3.05, 3.63) is 15.6 Å². The maximum Gasteiger partial charge on any atom is 0.113 e. The molecule has 2 unspecified atom stereocenters. The summed E-state index contributed by atoms with van der Waals surface area (Å²) in [6, 6.07) is 0.782. The van der Waals surface area contributed by atoms with Crippen LogP contribution in [0.2, 0.25) is 0 Å². The fourth-order valence-corrected chi connectivity index (χ4v) is 5.29. The van der Waals surface area contributed by atoms with Crippen molar-refractivity contribution in [1.82, 2.24) is 10.3 Å². The third-order valence-corrected chi connectivity index (χ3v) is 6.42. The van der Waals surface area contributed by atoms with Gasteiger partial charge in [0.25, 0.3) is 0 Å². The van der Waals surface area contributed by atoms with Crippen molar-refractivity contribution in [3.8, 4) is 0 Å². The Hall–Kier alpha value is -0.410. The van der Waals surface area contributed by atoms with Gasteiger partial charge in [-0.05, 0) is 50.9 Å². The van der Waals surface area contributed by atoms with E-state index in [1.807, 2.05) is 11.3 Å². The summed E-state index contributed by atoms with van der Waals surface area (Å²) in [5, 5.41) is 5.42. The molecule has 0 saturated heterocycles. The molecule has 2 nitrogen and oxygen atoms in total. The maximum atomic E-state index is 5.06. The normalized spacial score (nSPS) is 34.5. The Morgan fingerprint density at radius 3 is 2.84 bits per heavy atom. The topological polar surface area (TPSA) is 24.9 Å². The van der Waals surface area contributed by atoms with Crippen LogP contribution in [0, 0.1) is 5.92 Å². The zero-order valence-corrected chi connectivity index (χ0v) is 12.7. The molecule has 0 bridgehead atoms.